The van der Waals surface area contributed by atoms with E-state index in [-0.39, 0.29) is 19.1 Å². The molecule has 3 rings (SSSR count). The number of amides is 1. The van der Waals surface area contributed by atoms with Gasteiger partial charge in [0.05, 0.1) is 32.8 Å². The highest BCUT2D eigenvalue weighted by Crippen LogP contribution is 2.34. The number of hydrogen-bond donors (Lipinski definition) is 1. The first-order valence-corrected chi connectivity index (χ1v) is 8.85. The van der Waals surface area contributed by atoms with Gasteiger partial charge in [0.25, 0.3) is 0 Å². The van der Waals surface area contributed by atoms with Crippen molar-refractivity contribution in [2.24, 2.45) is 5.41 Å². The average Bonchev–Trinajstić information content (AvgIpc) is 2.69. The molecule has 27 heavy (non-hydrogen) atoms. The lowest BCUT2D eigenvalue weighted by Gasteiger charge is -2.36. The second-order valence-corrected chi connectivity index (χ2v) is 7.03. The topological polar surface area (TPSA) is 66.0 Å². The molecule has 0 saturated carbocycles. The van der Waals surface area contributed by atoms with E-state index < -0.39 is 11.7 Å². The Morgan fingerprint density at radius 1 is 1.07 bits per heavy atom. The van der Waals surface area contributed by atoms with Crippen LogP contribution < -0.4 is 14.8 Å². The van der Waals surface area contributed by atoms with Crippen molar-refractivity contribution in [2.75, 3.05) is 32.8 Å². The van der Waals surface area contributed by atoms with Gasteiger partial charge < -0.3 is 24.3 Å². The minimum atomic E-state index is -0.809. The van der Waals surface area contributed by atoms with Crippen LogP contribution in [0.1, 0.15) is 18.8 Å². The Labute approximate surface area is 163 Å². The van der Waals surface area contributed by atoms with Gasteiger partial charge in [-0.15, -0.1) is 0 Å². The second kappa shape index (κ2) is 8.17. The molecule has 0 atom stereocenters. The van der Waals surface area contributed by atoms with Gasteiger partial charge in [-0.1, -0.05) is 23.7 Å². The molecule has 1 N–H and O–H groups in total. The molecular formula is C20H22ClNO5. The molecule has 144 valence electrons. The third-order valence-electron chi connectivity index (χ3n) is 4.44. The number of hydrogen-bond acceptors (Lipinski definition) is 5. The normalized spacial score (nSPS) is 22.1. The van der Waals surface area contributed by atoms with Crippen LogP contribution in [0.4, 0.5) is 5.69 Å². The van der Waals surface area contributed by atoms with Crippen molar-refractivity contribution in [3.05, 3.63) is 53.1 Å². The van der Waals surface area contributed by atoms with Crippen molar-refractivity contribution in [1.82, 2.24) is 0 Å². The Morgan fingerprint density at radius 3 is 2.30 bits per heavy atom. The number of halogens is 1. The van der Waals surface area contributed by atoms with Crippen molar-refractivity contribution in [3.63, 3.8) is 0 Å². The summed E-state index contributed by atoms with van der Waals surface area (Å²) >= 11 is 5.90. The lowest BCUT2D eigenvalue weighted by atomic mass is 9.90. The summed E-state index contributed by atoms with van der Waals surface area (Å²) in [6.07, 6.45) is -0.510. The summed E-state index contributed by atoms with van der Waals surface area (Å²) in [6, 6.07) is 12.5. The molecule has 0 spiro atoms. The minimum absolute atomic E-state index is 0.190. The Hall–Kier alpha value is -2.28. The van der Waals surface area contributed by atoms with E-state index in [1.165, 1.54) is 0 Å². The number of benzene rings is 2. The molecule has 6 nitrogen and oxygen atoms in total. The van der Waals surface area contributed by atoms with Gasteiger partial charge in [-0.2, -0.15) is 0 Å². The monoisotopic (exact) mass is 391 g/mol. The second-order valence-electron chi connectivity index (χ2n) is 6.59. The fourth-order valence-corrected chi connectivity index (χ4v) is 2.87. The molecule has 1 fully saturated rings. The van der Waals surface area contributed by atoms with Crippen LogP contribution >= 0.6 is 11.6 Å². The van der Waals surface area contributed by atoms with Crippen LogP contribution in [0.3, 0.4) is 0 Å². The summed E-state index contributed by atoms with van der Waals surface area (Å²) in [6.45, 7) is 2.28. The fraction of sp³-hybridized carbons (Fsp3) is 0.350. The SMILES string of the molecule is COc1ccc(NC(=O)C2(C)COC(c3ccc(Cl)cc3)OC2)cc1OC. The van der Waals surface area contributed by atoms with Crippen LogP contribution in [0.5, 0.6) is 11.5 Å². The van der Waals surface area contributed by atoms with Gasteiger partial charge in [-0.3, -0.25) is 4.79 Å². The summed E-state index contributed by atoms with van der Waals surface area (Å²) in [5.41, 5.74) is 0.663. The molecule has 0 bridgehead atoms. The van der Waals surface area contributed by atoms with E-state index >= 15 is 0 Å². The van der Waals surface area contributed by atoms with Gasteiger partial charge in [0.2, 0.25) is 5.91 Å². The summed E-state index contributed by atoms with van der Waals surface area (Å²) < 4.78 is 22.1. The first-order chi connectivity index (χ1) is 12.9. The number of rotatable bonds is 5. The first kappa shape index (κ1) is 19.5. The van der Waals surface area contributed by atoms with Crippen LogP contribution in [-0.4, -0.2) is 33.3 Å². The fourth-order valence-electron chi connectivity index (χ4n) is 2.75. The van der Waals surface area contributed by atoms with E-state index in [1.54, 1.807) is 51.5 Å². The van der Waals surface area contributed by atoms with E-state index in [4.69, 9.17) is 30.5 Å². The highest BCUT2D eigenvalue weighted by Gasteiger charge is 2.40. The number of methoxy groups -OCH3 is 2. The van der Waals surface area contributed by atoms with E-state index in [1.807, 2.05) is 12.1 Å². The van der Waals surface area contributed by atoms with Crippen molar-refractivity contribution < 1.29 is 23.7 Å². The summed E-state index contributed by atoms with van der Waals surface area (Å²) in [5, 5.41) is 3.54. The highest BCUT2D eigenvalue weighted by molar-refractivity contribution is 6.30. The predicted molar refractivity (Wildman–Crippen MR) is 102 cm³/mol. The van der Waals surface area contributed by atoms with Crippen molar-refractivity contribution >= 4 is 23.2 Å². The number of carbonyl (C=O) groups excluding carboxylic acids is 1. The van der Waals surface area contributed by atoms with Crippen LogP contribution in [0, 0.1) is 5.41 Å². The van der Waals surface area contributed by atoms with Crippen LogP contribution in [0.25, 0.3) is 0 Å². The number of carbonyl (C=O) groups is 1. The quantitative estimate of drug-likeness (QED) is 0.833. The zero-order chi connectivity index (χ0) is 19.4. The molecule has 0 radical (unpaired) electrons. The molecule has 1 aliphatic rings. The Bertz CT molecular complexity index is 801. The maximum absolute atomic E-state index is 12.8. The number of anilines is 1. The average molecular weight is 392 g/mol. The first-order valence-electron chi connectivity index (χ1n) is 8.47. The largest absolute Gasteiger partial charge is 0.493 e. The van der Waals surface area contributed by atoms with Crippen molar-refractivity contribution in [2.45, 2.75) is 13.2 Å². The van der Waals surface area contributed by atoms with Crippen LogP contribution in [-0.2, 0) is 14.3 Å². The van der Waals surface area contributed by atoms with E-state index in [2.05, 4.69) is 5.32 Å². The standard InChI is InChI=1S/C20H22ClNO5/c1-20(11-26-18(27-12-20)13-4-6-14(21)7-5-13)19(23)22-15-8-9-16(24-2)17(10-15)25-3/h4-10,18H,11-12H2,1-3H3,(H,22,23). The summed E-state index contributed by atoms with van der Waals surface area (Å²) in [4.78, 5) is 12.8. The van der Waals surface area contributed by atoms with Crippen LogP contribution in [0.2, 0.25) is 5.02 Å². The molecule has 1 heterocycles. The third-order valence-corrected chi connectivity index (χ3v) is 4.69. The van der Waals surface area contributed by atoms with Crippen LogP contribution in [0.15, 0.2) is 42.5 Å². The molecular weight excluding hydrogens is 370 g/mol. The molecule has 2 aromatic carbocycles. The lowest BCUT2D eigenvalue weighted by Crippen LogP contribution is -2.45. The molecule has 0 aliphatic carbocycles. The smallest absolute Gasteiger partial charge is 0.235 e. The van der Waals surface area contributed by atoms with Gasteiger partial charge in [0.1, 0.15) is 0 Å². The molecule has 0 aromatic heterocycles. The van der Waals surface area contributed by atoms with Crippen molar-refractivity contribution in [1.29, 1.82) is 0 Å². The Balaban J connectivity index is 1.64. The number of nitrogens with one attached hydrogen (secondary N) is 1. The van der Waals surface area contributed by atoms with E-state index in [0.717, 1.165) is 5.56 Å². The maximum atomic E-state index is 12.8. The van der Waals surface area contributed by atoms with E-state index in [9.17, 15) is 4.79 Å². The van der Waals surface area contributed by atoms with Gasteiger partial charge in [-0.25, -0.2) is 0 Å². The molecule has 0 unspecified atom stereocenters. The van der Waals surface area contributed by atoms with Gasteiger partial charge in [0, 0.05) is 22.3 Å². The number of ether oxygens (including phenoxy) is 4. The van der Waals surface area contributed by atoms with E-state index in [0.29, 0.717) is 22.2 Å². The molecule has 2 aromatic rings. The van der Waals surface area contributed by atoms with Gasteiger partial charge >= 0.3 is 0 Å². The molecule has 1 saturated heterocycles. The predicted octanol–water partition coefficient (Wildman–Crippen LogP) is 4.05. The summed E-state index contributed by atoms with van der Waals surface area (Å²) in [5.74, 6) is 0.945. The maximum Gasteiger partial charge on any atom is 0.235 e. The minimum Gasteiger partial charge on any atom is -0.493 e. The highest BCUT2D eigenvalue weighted by atomic mass is 35.5. The molecule has 1 aliphatic heterocycles. The Morgan fingerprint density at radius 2 is 1.70 bits per heavy atom. The molecule has 7 heteroatoms. The van der Waals surface area contributed by atoms with Gasteiger partial charge in [-0.05, 0) is 31.2 Å². The third kappa shape index (κ3) is 4.35. The zero-order valence-corrected chi connectivity index (χ0v) is 16.2. The lowest BCUT2D eigenvalue weighted by molar-refractivity contribution is -0.226. The van der Waals surface area contributed by atoms with Crippen molar-refractivity contribution in [3.8, 4) is 11.5 Å². The summed E-state index contributed by atoms with van der Waals surface area (Å²) in [7, 11) is 3.11. The Kier molecular flexibility index (Phi) is 5.89. The molecule has 1 amide bonds. The van der Waals surface area contributed by atoms with Gasteiger partial charge in [0.15, 0.2) is 17.8 Å². The zero-order valence-electron chi connectivity index (χ0n) is 15.5.